The topological polar surface area (TPSA) is 104 Å². The lowest BCUT2D eigenvalue weighted by Gasteiger charge is -2.15. The van der Waals surface area contributed by atoms with Gasteiger partial charge in [-0.1, -0.05) is 0 Å². The molecule has 2 aromatic heterocycles. The second-order valence-corrected chi connectivity index (χ2v) is 6.78. The number of amides is 2. The Morgan fingerprint density at radius 3 is 2.52 bits per heavy atom. The minimum absolute atomic E-state index is 0.202. The van der Waals surface area contributed by atoms with Crippen molar-refractivity contribution in [3.63, 3.8) is 0 Å². The lowest BCUT2D eigenvalue weighted by atomic mass is 10.2. The molecule has 0 saturated heterocycles. The number of carbonyl (C=O) groups excluding carboxylic acids is 3. The molecule has 2 amide bonds. The molecule has 2 aromatic rings. The standard InChI is InChI=1S/C20H26N4O5/c1-12(2)24-17(9-10-21-24)23-13(3)11-16(14(23)4)7-8-18(25)29-15(5)19(26)22-20(27)28-6/h7-12,15H,1-6H3,(H,22,26,27)/b8-7+/t15-/m0/s1. The normalized spacial score (nSPS) is 12.2. The van der Waals surface area contributed by atoms with Gasteiger partial charge in [0.05, 0.1) is 13.3 Å². The van der Waals surface area contributed by atoms with Gasteiger partial charge in [0.15, 0.2) is 6.10 Å². The number of aryl methyl sites for hydroxylation is 1. The first-order chi connectivity index (χ1) is 13.6. The number of nitrogens with zero attached hydrogens (tertiary/aromatic N) is 3. The minimum atomic E-state index is -1.14. The maximum absolute atomic E-state index is 12.0. The van der Waals surface area contributed by atoms with E-state index in [1.165, 1.54) is 13.0 Å². The molecule has 156 valence electrons. The van der Waals surface area contributed by atoms with E-state index in [9.17, 15) is 14.4 Å². The Labute approximate surface area is 169 Å². The van der Waals surface area contributed by atoms with Crippen LogP contribution in [0.5, 0.6) is 0 Å². The molecule has 2 heterocycles. The third-order valence-corrected chi connectivity index (χ3v) is 4.31. The summed E-state index contributed by atoms with van der Waals surface area (Å²) in [7, 11) is 1.13. The van der Waals surface area contributed by atoms with Gasteiger partial charge < -0.3 is 14.0 Å². The molecule has 0 aliphatic heterocycles. The Hall–Kier alpha value is -3.36. The van der Waals surface area contributed by atoms with Crippen LogP contribution in [0.2, 0.25) is 0 Å². The van der Waals surface area contributed by atoms with Crippen LogP contribution in [0.1, 0.15) is 43.8 Å². The van der Waals surface area contributed by atoms with E-state index in [1.54, 1.807) is 12.3 Å². The molecular formula is C20H26N4O5. The third-order valence-electron chi connectivity index (χ3n) is 4.31. The predicted octanol–water partition coefficient (Wildman–Crippen LogP) is 2.70. The zero-order valence-corrected chi connectivity index (χ0v) is 17.4. The molecular weight excluding hydrogens is 376 g/mol. The van der Waals surface area contributed by atoms with Gasteiger partial charge in [0, 0.05) is 29.6 Å². The van der Waals surface area contributed by atoms with Crippen LogP contribution in [0.4, 0.5) is 4.79 Å². The molecule has 0 fully saturated rings. The summed E-state index contributed by atoms with van der Waals surface area (Å²) in [4.78, 5) is 34.8. The molecule has 0 spiro atoms. The van der Waals surface area contributed by atoms with E-state index in [0.717, 1.165) is 29.9 Å². The molecule has 0 saturated carbocycles. The molecule has 0 unspecified atom stereocenters. The van der Waals surface area contributed by atoms with Crippen LogP contribution in [0, 0.1) is 13.8 Å². The highest BCUT2D eigenvalue weighted by Crippen LogP contribution is 2.23. The highest BCUT2D eigenvalue weighted by Gasteiger charge is 2.19. The van der Waals surface area contributed by atoms with Gasteiger partial charge >= 0.3 is 12.1 Å². The summed E-state index contributed by atoms with van der Waals surface area (Å²) in [5.74, 6) is -0.529. The summed E-state index contributed by atoms with van der Waals surface area (Å²) in [5.41, 5.74) is 2.76. The summed E-state index contributed by atoms with van der Waals surface area (Å²) in [6.07, 6.45) is 2.57. The van der Waals surface area contributed by atoms with E-state index in [-0.39, 0.29) is 6.04 Å². The number of hydrogen-bond donors (Lipinski definition) is 1. The third kappa shape index (κ3) is 5.13. The van der Waals surface area contributed by atoms with Gasteiger partial charge in [-0.05, 0) is 52.3 Å². The van der Waals surface area contributed by atoms with Gasteiger partial charge in [0.2, 0.25) is 0 Å². The van der Waals surface area contributed by atoms with Crippen LogP contribution >= 0.6 is 0 Å². The molecule has 0 aliphatic carbocycles. The maximum Gasteiger partial charge on any atom is 0.413 e. The molecule has 29 heavy (non-hydrogen) atoms. The van der Waals surface area contributed by atoms with E-state index in [4.69, 9.17) is 4.74 Å². The number of carbonyl (C=O) groups is 3. The largest absolute Gasteiger partial charge is 0.453 e. The first-order valence-electron chi connectivity index (χ1n) is 9.16. The van der Waals surface area contributed by atoms with Gasteiger partial charge in [-0.15, -0.1) is 0 Å². The number of imide groups is 1. The van der Waals surface area contributed by atoms with Crippen molar-refractivity contribution < 1.29 is 23.9 Å². The van der Waals surface area contributed by atoms with Crippen molar-refractivity contribution in [1.29, 1.82) is 0 Å². The number of rotatable bonds is 6. The first-order valence-corrected chi connectivity index (χ1v) is 9.16. The zero-order valence-electron chi connectivity index (χ0n) is 17.4. The Balaban J connectivity index is 2.13. The molecule has 9 nitrogen and oxygen atoms in total. The van der Waals surface area contributed by atoms with Gasteiger partial charge in [0.25, 0.3) is 5.91 Å². The highest BCUT2D eigenvalue weighted by molar-refractivity contribution is 5.96. The van der Waals surface area contributed by atoms with Crippen molar-refractivity contribution in [1.82, 2.24) is 19.7 Å². The first kappa shape index (κ1) is 21.9. The molecule has 0 bridgehead atoms. The predicted molar refractivity (Wildman–Crippen MR) is 107 cm³/mol. The van der Waals surface area contributed by atoms with Crippen molar-refractivity contribution in [2.45, 2.75) is 46.8 Å². The number of esters is 1. The molecule has 0 radical (unpaired) electrons. The fraction of sp³-hybridized carbons (Fsp3) is 0.400. The number of methoxy groups -OCH3 is 1. The zero-order chi connectivity index (χ0) is 21.7. The Morgan fingerprint density at radius 1 is 1.21 bits per heavy atom. The van der Waals surface area contributed by atoms with Gasteiger partial charge in [-0.3, -0.25) is 10.1 Å². The number of hydrogen-bond acceptors (Lipinski definition) is 6. The van der Waals surface area contributed by atoms with Crippen molar-refractivity contribution in [2.75, 3.05) is 7.11 Å². The Morgan fingerprint density at radius 2 is 1.90 bits per heavy atom. The maximum atomic E-state index is 12.0. The van der Waals surface area contributed by atoms with Crippen LogP contribution in [-0.2, 0) is 19.1 Å². The lowest BCUT2D eigenvalue weighted by molar-refractivity contribution is -0.149. The van der Waals surface area contributed by atoms with Gasteiger partial charge in [-0.2, -0.15) is 5.10 Å². The van der Waals surface area contributed by atoms with E-state index < -0.39 is 24.1 Å². The molecule has 9 heteroatoms. The second kappa shape index (κ2) is 9.22. The van der Waals surface area contributed by atoms with Crippen LogP contribution in [-0.4, -0.2) is 45.5 Å². The van der Waals surface area contributed by atoms with E-state index in [1.807, 2.05) is 36.0 Å². The average Bonchev–Trinajstić information content (AvgIpc) is 3.23. The van der Waals surface area contributed by atoms with Crippen molar-refractivity contribution in [2.24, 2.45) is 0 Å². The fourth-order valence-electron chi connectivity index (χ4n) is 2.87. The lowest BCUT2D eigenvalue weighted by Crippen LogP contribution is -2.39. The SMILES string of the molecule is COC(=O)NC(=O)[C@H](C)OC(=O)/C=C/c1cc(C)n(-c2ccnn2C(C)C)c1C. The second-order valence-electron chi connectivity index (χ2n) is 6.78. The summed E-state index contributed by atoms with van der Waals surface area (Å²) in [6.45, 7) is 9.39. The summed E-state index contributed by atoms with van der Waals surface area (Å²) >= 11 is 0. The monoisotopic (exact) mass is 402 g/mol. The molecule has 0 aromatic carbocycles. The van der Waals surface area contributed by atoms with E-state index >= 15 is 0 Å². The van der Waals surface area contributed by atoms with Crippen molar-refractivity contribution >= 4 is 24.0 Å². The van der Waals surface area contributed by atoms with Crippen LogP contribution < -0.4 is 5.32 Å². The van der Waals surface area contributed by atoms with Crippen molar-refractivity contribution in [3.05, 3.63) is 41.4 Å². The number of nitrogens with one attached hydrogen (secondary N) is 1. The molecule has 2 rings (SSSR count). The van der Waals surface area contributed by atoms with Crippen LogP contribution in [0.15, 0.2) is 24.4 Å². The molecule has 1 atom stereocenters. The van der Waals surface area contributed by atoms with E-state index in [0.29, 0.717) is 0 Å². The highest BCUT2D eigenvalue weighted by atomic mass is 16.6. The van der Waals surface area contributed by atoms with Crippen LogP contribution in [0.3, 0.4) is 0 Å². The summed E-state index contributed by atoms with van der Waals surface area (Å²) in [6, 6.07) is 4.08. The number of ether oxygens (including phenoxy) is 2. The smallest absolute Gasteiger partial charge is 0.413 e. The minimum Gasteiger partial charge on any atom is -0.453 e. The van der Waals surface area contributed by atoms with Gasteiger partial charge in [-0.25, -0.2) is 14.3 Å². The van der Waals surface area contributed by atoms with E-state index in [2.05, 4.69) is 28.3 Å². The number of alkyl carbamates (subject to hydrolysis) is 1. The Bertz CT molecular complexity index is 939. The quantitative estimate of drug-likeness (QED) is 0.588. The number of aromatic nitrogens is 3. The summed E-state index contributed by atoms with van der Waals surface area (Å²) in [5, 5.41) is 6.31. The Kier molecular flexibility index (Phi) is 6.98. The molecule has 1 N–H and O–H groups in total. The average molecular weight is 402 g/mol. The fourth-order valence-corrected chi connectivity index (χ4v) is 2.87. The molecule has 0 aliphatic rings. The van der Waals surface area contributed by atoms with Gasteiger partial charge in [0.1, 0.15) is 5.82 Å². The van der Waals surface area contributed by atoms with Crippen LogP contribution in [0.25, 0.3) is 11.9 Å². The summed E-state index contributed by atoms with van der Waals surface area (Å²) < 4.78 is 13.3. The van der Waals surface area contributed by atoms with Crippen molar-refractivity contribution in [3.8, 4) is 5.82 Å².